The number of carbonyl (C=O) groups is 1. The number of methoxy groups -OCH3 is 2. The van der Waals surface area contributed by atoms with Gasteiger partial charge in [0, 0.05) is 15.4 Å². The summed E-state index contributed by atoms with van der Waals surface area (Å²) in [5.74, 6) is 0.921. The molecule has 2 N–H and O–H groups in total. The van der Waals surface area contributed by atoms with Crippen molar-refractivity contribution < 1.29 is 14.3 Å². The van der Waals surface area contributed by atoms with Gasteiger partial charge in [-0.3, -0.25) is 10.1 Å². The molecule has 0 atom stereocenters. The van der Waals surface area contributed by atoms with Crippen molar-refractivity contribution >= 4 is 55.6 Å². The zero-order chi connectivity index (χ0) is 21.0. The van der Waals surface area contributed by atoms with Crippen LogP contribution in [-0.4, -0.2) is 30.2 Å². The normalized spacial score (nSPS) is 10.3. The summed E-state index contributed by atoms with van der Waals surface area (Å²) < 4.78 is 11.3. The van der Waals surface area contributed by atoms with E-state index in [4.69, 9.17) is 21.7 Å². The lowest BCUT2D eigenvalue weighted by Crippen LogP contribution is -2.34. The van der Waals surface area contributed by atoms with Crippen LogP contribution in [0.1, 0.15) is 15.9 Å². The molecule has 0 unspecified atom stereocenters. The molecule has 1 aromatic heterocycles. The van der Waals surface area contributed by atoms with Gasteiger partial charge in [-0.2, -0.15) is 0 Å². The van der Waals surface area contributed by atoms with Crippen molar-refractivity contribution in [2.45, 2.75) is 6.92 Å². The second kappa shape index (κ2) is 9.34. The highest BCUT2D eigenvalue weighted by atomic mass is 79.9. The minimum atomic E-state index is -0.365. The van der Waals surface area contributed by atoms with Gasteiger partial charge in [0.25, 0.3) is 5.91 Å². The van der Waals surface area contributed by atoms with Crippen LogP contribution in [0.25, 0.3) is 11.3 Å². The summed E-state index contributed by atoms with van der Waals surface area (Å²) in [6.07, 6.45) is 0. The number of rotatable bonds is 5. The number of amides is 1. The van der Waals surface area contributed by atoms with E-state index in [-0.39, 0.29) is 11.0 Å². The molecule has 0 saturated heterocycles. The number of nitrogens with zero attached hydrogens (tertiary/aromatic N) is 1. The summed E-state index contributed by atoms with van der Waals surface area (Å²) >= 11 is 10.1. The maximum Gasteiger partial charge on any atom is 0.261 e. The van der Waals surface area contributed by atoms with Gasteiger partial charge >= 0.3 is 0 Å². The number of thiazole rings is 1. The quantitative estimate of drug-likeness (QED) is 0.487. The number of ether oxygens (including phenoxy) is 2. The van der Waals surface area contributed by atoms with Gasteiger partial charge in [0.2, 0.25) is 0 Å². The SMILES string of the molecule is COc1ccc(-c2csc(NC(=S)NC(=O)c3cc(Br)cc(C)c3OC)n2)cc1. The first-order chi connectivity index (χ1) is 13.9. The second-order valence-electron chi connectivity index (χ2n) is 5.98. The fourth-order valence-corrected chi connectivity index (χ4v) is 4.24. The maximum absolute atomic E-state index is 12.6. The number of aryl methyl sites for hydroxylation is 1. The Morgan fingerprint density at radius 1 is 1.17 bits per heavy atom. The van der Waals surface area contributed by atoms with Crippen molar-refractivity contribution in [1.82, 2.24) is 10.3 Å². The van der Waals surface area contributed by atoms with Gasteiger partial charge in [0.15, 0.2) is 10.2 Å². The van der Waals surface area contributed by atoms with E-state index in [1.807, 2.05) is 42.6 Å². The van der Waals surface area contributed by atoms with Crippen LogP contribution < -0.4 is 20.1 Å². The summed E-state index contributed by atoms with van der Waals surface area (Å²) in [5, 5.41) is 8.27. The molecule has 0 aliphatic rings. The van der Waals surface area contributed by atoms with Gasteiger partial charge in [0.05, 0.1) is 25.5 Å². The molecule has 9 heteroatoms. The van der Waals surface area contributed by atoms with E-state index in [9.17, 15) is 4.79 Å². The Labute approximate surface area is 186 Å². The summed E-state index contributed by atoms with van der Waals surface area (Å²) in [6.45, 7) is 1.87. The molecule has 29 heavy (non-hydrogen) atoms. The largest absolute Gasteiger partial charge is 0.497 e. The van der Waals surface area contributed by atoms with E-state index >= 15 is 0 Å². The molecule has 150 valence electrons. The molecule has 2 aromatic carbocycles. The van der Waals surface area contributed by atoms with Crippen molar-refractivity contribution in [3.63, 3.8) is 0 Å². The molecular formula is C20H18BrN3O3S2. The van der Waals surface area contributed by atoms with Gasteiger partial charge in [-0.15, -0.1) is 11.3 Å². The Balaban J connectivity index is 1.68. The van der Waals surface area contributed by atoms with Crippen molar-refractivity contribution in [3.8, 4) is 22.8 Å². The average Bonchev–Trinajstić information content (AvgIpc) is 3.15. The van der Waals surface area contributed by atoms with Crippen molar-refractivity contribution in [2.24, 2.45) is 0 Å². The standard InChI is InChI=1S/C20H18BrN3O3S2/c1-11-8-13(21)9-15(17(11)27-3)18(25)23-19(28)24-20-22-16(10-29-20)12-4-6-14(26-2)7-5-12/h4-10H,1-3H3,(H2,22,23,24,25,28). The number of aromatic nitrogens is 1. The highest BCUT2D eigenvalue weighted by molar-refractivity contribution is 9.10. The van der Waals surface area contributed by atoms with Gasteiger partial charge in [-0.1, -0.05) is 15.9 Å². The predicted molar refractivity (Wildman–Crippen MR) is 123 cm³/mol. The van der Waals surface area contributed by atoms with E-state index in [1.54, 1.807) is 13.2 Å². The fraction of sp³-hybridized carbons (Fsp3) is 0.150. The molecular weight excluding hydrogens is 474 g/mol. The lowest BCUT2D eigenvalue weighted by molar-refractivity contribution is 0.0974. The Kier molecular flexibility index (Phi) is 6.83. The van der Waals surface area contributed by atoms with Crippen LogP contribution in [0, 0.1) is 6.92 Å². The third-order valence-corrected chi connectivity index (χ3v) is 5.45. The first kappa shape index (κ1) is 21.2. The zero-order valence-electron chi connectivity index (χ0n) is 15.9. The Morgan fingerprint density at radius 3 is 2.55 bits per heavy atom. The molecule has 1 heterocycles. The lowest BCUT2D eigenvalue weighted by atomic mass is 10.1. The number of benzene rings is 2. The highest BCUT2D eigenvalue weighted by Crippen LogP contribution is 2.28. The van der Waals surface area contributed by atoms with E-state index in [2.05, 4.69) is 31.5 Å². The number of nitrogens with one attached hydrogen (secondary N) is 2. The van der Waals surface area contributed by atoms with Crippen LogP contribution in [0.2, 0.25) is 0 Å². The minimum absolute atomic E-state index is 0.158. The van der Waals surface area contributed by atoms with Crippen LogP contribution in [0.4, 0.5) is 5.13 Å². The molecule has 0 bridgehead atoms. The van der Waals surface area contributed by atoms with Crippen molar-refractivity contribution in [1.29, 1.82) is 0 Å². The molecule has 0 aliphatic carbocycles. The Hall–Kier alpha value is -2.49. The Morgan fingerprint density at radius 2 is 1.90 bits per heavy atom. The lowest BCUT2D eigenvalue weighted by Gasteiger charge is -2.13. The molecule has 3 rings (SSSR count). The summed E-state index contributed by atoms with van der Waals surface area (Å²) in [7, 11) is 3.15. The van der Waals surface area contributed by atoms with Crippen molar-refractivity contribution in [2.75, 3.05) is 19.5 Å². The number of anilines is 1. The number of hydrogen-bond donors (Lipinski definition) is 2. The van der Waals surface area contributed by atoms with Gasteiger partial charge < -0.3 is 14.8 Å². The van der Waals surface area contributed by atoms with Crippen LogP contribution in [0.3, 0.4) is 0 Å². The Bertz CT molecular complexity index is 1050. The van der Waals surface area contributed by atoms with E-state index in [1.165, 1.54) is 18.4 Å². The smallest absolute Gasteiger partial charge is 0.261 e. The van der Waals surface area contributed by atoms with E-state index in [0.717, 1.165) is 27.0 Å². The number of thiocarbonyl (C=S) groups is 1. The molecule has 0 saturated carbocycles. The zero-order valence-corrected chi connectivity index (χ0v) is 19.1. The van der Waals surface area contributed by atoms with Crippen LogP contribution in [0.5, 0.6) is 11.5 Å². The van der Waals surface area contributed by atoms with Gasteiger partial charge in [-0.05, 0) is 61.1 Å². The molecule has 0 spiro atoms. The maximum atomic E-state index is 12.6. The van der Waals surface area contributed by atoms with Crippen molar-refractivity contribution in [3.05, 3.63) is 57.4 Å². The average molecular weight is 492 g/mol. The monoisotopic (exact) mass is 491 g/mol. The molecule has 0 fully saturated rings. The number of carbonyl (C=O) groups excluding carboxylic acids is 1. The molecule has 1 amide bonds. The van der Waals surface area contributed by atoms with Gasteiger partial charge in [-0.25, -0.2) is 4.98 Å². The van der Waals surface area contributed by atoms with Crippen LogP contribution in [0.15, 0.2) is 46.3 Å². The number of halogens is 1. The summed E-state index contributed by atoms with van der Waals surface area (Å²) in [4.78, 5) is 17.2. The summed E-state index contributed by atoms with van der Waals surface area (Å²) in [5.41, 5.74) is 2.99. The first-order valence-corrected chi connectivity index (χ1v) is 10.6. The summed E-state index contributed by atoms with van der Waals surface area (Å²) in [6, 6.07) is 11.2. The van der Waals surface area contributed by atoms with Crippen LogP contribution in [-0.2, 0) is 0 Å². The van der Waals surface area contributed by atoms with Crippen LogP contribution >= 0.6 is 39.5 Å². The molecule has 3 aromatic rings. The second-order valence-corrected chi connectivity index (χ2v) is 8.16. The third kappa shape index (κ3) is 5.11. The third-order valence-electron chi connectivity index (χ3n) is 4.03. The highest BCUT2D eigenvalue weighted by Gasteiger charge is 2.17. The van der Waals surface area contributed by atoms with E-state index < -0.39 is 0 Å². The van der Waals surface area contributed by atoms with Gasteiger partial charge in [0.1, 0.15) is 11.5 Å². The topological polar surface area (TPSA) is 72.5 Å². The molecule has 0 aliphatic heterocycles. The fourth-order valence-electron chi connectivity index (χ4n) is 2.69. The van der Waals surface area contributed by atoms with E-state index in [0.29, 0.717) is 16.4 Å². The molecule has 6 nitrogen and oxygen atoms in total. The first-order valence-electron chi connectivity index (χ1n) is 8.47. The minimum Gasteiger partial charge on any atom is -0.497 e. The number of hydrogen-bond acceptors (Lipinski definition) is 6. The molecule has 0 radical (unpaired) electrons. The predicted octanol–water partition coefficient (Wildman–Crippen LogP) is 5.03.